The summed E-state index contributed by atoms with van der Waals surface area (Å²) in [5.41, 5.74) is 4.04. The van der Waals surface area contributed by atoms with Crippen LogP contribution in [0.15, 0.2) is 18.2 Å². The van der Waals surface area contributed by atoms with Crippen molar-refractivity contribution in [3.8, 4) is 0 Å². The zero-order valence-electron chi connectivity index (χ0n) is 10.4. The van der Waals surface area contributed by atoms with E-state index in [1.807, 2.05) is 0 Å². The van der Waals surface area contributed by atoms with Gasteiger partial charge in [0, 0.05) is 31.1 Å². The Balaban J connectivity index is 1.88. The van der Waals surface area contributed by atoms with Gasteiger partial charge in [-0.05, 0) is 24.5 Å². The fraction of sp³-hybridized carbons (Fsp3) is 0.500. The number of nitrogens with zero attached hydrogens (tertiary/aromatic N) is 3. The molecule has 0 amide bonds. The normalized spacial score (nSPS) is 19.4. The van der Waals surface area contributed by atoms with E-state index in [-0.39, 0.29) is 0 Å². The minimum absolute atomic E-state index is 1.13. The highest BCUT2D eigenvalue weighted by Crippen LogP contribution is 2.31. The molecule has 2 aromatic rings. The molecule has 18 heavy (non-hydrogen) atoms. The molecule has 4 rings (SSSR count). The smallest absolute Gasteiger partial charge is 0.206 e. The average molecular weight is 259 g/mol. The molecule has 94 valence electrons. The molecule has 3 nitrogen and oxygen atoms in total. The molecule has 1 fully saturated rings. The van der Waals surface area contributed by atoms with Gasteiger partial charge in [0.05, 0.1) is 11.0 Å². The van der Waals surface area contributed by atoms with Gasteiger partial charge in [-0.15, -0.1) is 0 Å². The Morgan fingerprint density at radius 3 is 2.89 bits per heavy atom. The van der Waals surface area contributed by atoms with Gasteiger partial charge in [-0.25, -0.2) is 4.98 Å². The van der Waals surface area contributed by atoms with Crippen molar-refractivity contribution < 1.29 is 0 Å². The first-order valence-electron chi connectivity index (χ1n) is 6.74. The molecular weight excluding hydrogens is 242 g/mol. The van der Waals surface area contributed by atoms with E-state index >= 15 is 0 Å². The summed E-state index contributed by atoms with van der Waals surface area (Å²) >= 11 is 2.05. The van der Waals surface area contributed by atoms with E-state index in [0.29, 0.717) is 0 Å². The first-order chi connectivity index (χ1) is 8.93. The summed E-state index contributed by atoms with van der Waals surface area (Å²) in [5.74, 6) is 3.67. The van der Waals surface area contributed by atoms with E-state index in [1.165, 1.54) is 46.9 Å². The molecule has 0 N–H and O–H groups in total. The van der Waals surface area contributed by atoms with Crippen molar-refractivity contribution in [3.05, 3.63) is 23.8 Å². The van der Waals surface area contributed by atoms with Crippen molar-refractivity contribution in [1.29, 1.82) is 0 Å². The van der Waals surface area contributed by atoms with Crippen molar-refractivity contribution in [3.63, 3.8) is 0 Å². The van der Waals surface area contributed by atoms with E-state index in [1.54, 1.807) is 0 Å². The number of para-hydroxylation sites is 1. The lowest BCUT2D eigenvalue weighted by molar-refractivity contribution is 0.619. The van der Waals surface area contributed by atoms with Gasteiger partial charge in [-0.2, -0.15) is 11.8 Å². The molecule has 1 saturated heterocycles. The predicted molar refractivity (Wildman–Crippen MR) is 77.6 cm³/mol. The number of thioether (sulfide) groups is 1. The van der Waals surface area contributed by atoms with Crippen molar-refractivity contribution >= 4 is 28.7 Å². The molecule has 0 bridgehead atoms. The summed E-state index contributed by atoms with van der Waals surface area (Å²) in [4.78, 5) is 7.35. The second-order valence-electron chi connectivity index (χ2n) is 5.05. The Hall–Kier alpha value is -1.16. The minimum Gasteiger partial charge on any atom is -0.341 e. The van der Waals surface area contributed by atoms with Gasteiger partial charge in [0.1, 0.15) is 0 Å². The largest absolute Gasteiger partial charge is 0.341 e. The number of benzene rings is 1. The molecule has 4 heteroatoms. The number of hydrogen-bond acceptors (Lipinski definition) is 3. The maximum absolute atomic E-state index is 4.89. The summed E-state index contributed by atoms with van der Waals surface area (Å²) in [7, 11) is 0. The maximum Gasteiger partial charge on any atom is 0.206 e. The van der Waals surface area contributed by atoms with E-state index in [4.69, 9.17) is 4.98 Å². The van der Waals surface area contributed by atoms with Crippen LogP contribution in [-0.4, -0.2) is 34.1 Å². The Bertz CT molecular complexity index is 584. The first-order valence-corrected chi connectivity index (χ1v) is 7.90. The van der Waals surface area contributed by atoms with Crippen molar-refractivity contribution in [1.82, 2.24) is 9.55 Å². The molecule has 0 aliphatic carbocycles. The van der Waals surface area contributed by atoms with Gasteiger partial charge in [-0.3, -0.25) is 0 Å². The predicted octanol–water partition coefficient (Wildman–Crippen LogP) is 2.54. The number of anilines is 1. The number of hydrogen-bond donors (Lipinski definition) is 0. The maximum atomic E-state index is 4.89. The summed E-state index contributed by atoms with van der Waals surface area (Å²) in [6, 6.07) is 6.56. The molecule has 1 aromatic heterocycles. The monoisotopic (exact) mass is 259 g/mol. The number of imidazole rings is 1. The van der Waals surface area contributed by atoms with Crippen LogP contribution in [0.1, 0.15) is 12.0 Å². The highest BCUT2D eigenvalue weighted by atomic mass is 32.2. The topological polar surface area (TPSA) is 21.1 Å². The van der Waals surface area contributed by atoms with Gasteiger partial charge >= 0.3 is 0 Å². The van der Waals surface area contributed by atoms with Crippen molar-refractivity contribution in [2.75, 3.05) is 29.5 Å². The Labute approximate surface area is 111 Å². The molecule has 0 saturated carbocycles. The van der Waals surface area contributed by atoms with Crippen LogP contribution in [0.3, 0.4) is 0 Å². The van der Waals surface area contributed by atoms with Crippen molar-refractivity contribution in [2.45, 2.75) is 19.4 Å². The summed E-state index contributed by atoms with van der Waals surface area (Å²) in [6.45, 7) is 3.42. The van der Waals surface area contributed by atoms with Crippen LogP contribution in [0.2, 0.25) is 0 Å². The third-order valence-corrected chi connectivity index (χ3v) is 4.89. The van der Waals surface area contributed by atoms with Crippen LogP contribution in [0, 0.1) is 0 Å². The fourth-order valence-electron chi connectivity index (χ4n) is 3.09. The van der Waals surface area contributed by atoms with E-state index in [0.717, 1.165) is 19.6 Å². The van der Waals surface area contributed by atoms with Crippen molar-refractivity contribution in [2.24, 2.45) is 0 Å². The van der Waals surface area contributed by atoms with Crippen LogP contribution in [0.4, 0.5) is 5.95 Å². The Morgan fingerprint density at radius 1 is 1.11 bits per heavy atom. The molecule has 1 aromatic carbocycles. The molecule has 0 unspecified atom stereocenters. The van der Waals surface area contributed by atoms with Gasteiger partial charge in [-0.1, -0.05) is 12.1 Å². The minimum atomic E-state index is 1.13. The van der Waals surface area contributed by atoms with Crippen LogP contribution < -0.4 is 4.90 Å². The second kappa shape index (κ2) is 4.19. The first kappa shape index (κ1) is 10.7. The lowest BCUT2D eigenvalue weighted by Gasteiger charge is -2.28. The molecule has 0 radical (unpaired) electrons. The van der Waals surface area contributed by atoms with E-state index in [2.05, 4.69) is 39.4 Å². The Kier molecular flexibility index (Phi) is 2.50. The summed E-state index contributed by atoms with van der Waals surface area (Å²) in [6.07, 6.45) is 2.45. The third-order valence-electron chi connectivity index (χ3n) is 3.95. The zero-order chi connectivity index (χ0) is 11.9. The molecule has 2 aliphatic rings. The lowest BCUT2D eigenvalue weighted by Crippen LogP contribution is -2.34. The molecule has 0 atom stereocenters. The van der Waals surface area contributed by atoms with Crippen LogP contribution in [0.25, 0.3) is 11.0 Å². The SMILES string of the molecule is c1cc2c3c(c1)nc(N1CCSCC1)n3CCC2. The molecule has 0 spiro atoms. The fourth-order valence-corrected chi connectivity index (χ4v) is 4.00. The van der Waals surface area contributed by atoms with E-state index < -0.39 is 0 Å². The standard InChI is InChI=1S/C14H17N3S/c1-3-11-4-2-6-17-13(11)12(5-1)15-14(17)16-7-9-18-10-8-16/h1,3,5H,2,4,6-10H2. The summed E-state index contributed by atoms with van der Waals surface area (Å²) < 4.78 is 2.45. The number of rotatable bonds is 1. The highest BCUT2D eigenvalue weighted by Gasteiger charge is 2.22. The third kappa shape index (κ3) is 1.55. The number of aromatic nitrogens is 2. The zero-order valence-corrected chi connectivity index (χ0v) is 11.2. The number of aryl methyl sites for hydroxylation is 2. The highest BCUT2D eigenvalue weighted by molar-refractivity contribution is 7.99. The van der Waals surface area contributed by atoms with Crippen LogP contribution in [-0.2, 0) is 13.0 Å². The molecule has 3 heterocycles. The second-order valence-corrected chi connectivity index (χ2v) is 6.28. The average Bonchev–Trinajstić information content (AvgIpc) is 2.82. The van der Waals surface area contributed by atoms with E-state index in [9.17, 15) is 0 Å². The van der Waals surface area contributed by atoms with Crippen LogP contribution in [0.5, 0.6) is 0 Å². The van der Waals surface area contributed by atoms with Gasteiger partial charge < -0.3 is 9.47 Å². The lowest BCUT2D eigenvalue weighted by atomic mass is 10.0. The van der Waals surface area contributed by atoms with Gasteiger partial charge in [0.25, 0.3) is 0 Å². The molecule has 2 aliphatic heterocycles. The Morgan fingerprint density at radius 2 is 2.00 bits per heavy atom. The van der Waals surface area contributed by atoms with Crippen LogP contribution >= 0.6 is 11.8 Å². The summed E-state index contributed by atoms with van der Waals surface area (Å²) in [5, 5.41) is 0. The molecular formula is C14H17N3S. The quantitative estimate of drug-likeness (QED) is 0.785. The van der Waals surface area contributed by atoms with Gasteiger partial charge in [0.15, 0.2) is 0 Å². The van der Waals surface area contributed by atoms with Gasteiger partial charge in [0.2, 0.25) is 5.95 Å².